The molecule has 0 spiro atoms. The number of pyridine rings is 1. The van der Waals surface area contributed by atoms with Crippen LogP contribution in [0, 0.1) is 20.8 Å². The number of nitrogens with two attached hydrogens (primary N) is 1. The largest absolute Gasteiger partial charge is 0.760 e. The van der Waals surface area contributed by atoms with Crippen molar-refractivity contribution in [3.05, 3.63) is 47.3 Å². The molecule has 1 atom stereocenters. The van der Waals surface area contributed by atoms with Crippen molar-refractivity contribution in [3.63, 3.8) is 0 Å². The van der Waals surface area contributed by atoms with E-state index in [0.717, 1.165) is 22.3 Å². The zero-order valence-electron chi connectivity index (χ0n) is 12.6. The Morgan fingerprint density at radius 1 is 1.27 bits per heavy atom. The van der Waals surface area contributed by atoms with E-state index in [4.69, 9.17) is 8.76 Å². The molecule has 3 aromatic rings. The molecule has 0 fully saturated rings. The Labute approximate surface area is 131 Å². The summed E-state index contributed by atoms with van der Waals surface area (Å²) in [6, 6.07) is 8.52. The molecular formula is C15H17N4O2S-. The van der Waals surface area contributed by atoms with Crippen molar-refractivity contribution in [1.82, 2.24) is 15.2 Å². The van der Waals surface area contributed by atoms with E-state index in [1.807, 2.05) is 13.1 Å². The summed E-state index contributed by atoms with van der Waals surface area (Å²) in [5.74, 6) is 0. The van der Waals surface area contributed by atoms with Crippen LogP contribution >= 0.6 is 0 Å². The van der Waals surface area contributed by atoms with Crippen molar-refractivity contribution in [1.29, 1.82) is 0 Å². The van der Waals surface area contributed by atoms with Gasteiger partial charge in [0.2, 0.25) is 0 Å². The van der Waals surface area contributed by atoms with E-state index in [9.17, 15) is 0 Å². The summed E-state index contributed by atoms with van der Waals surface area (Å²) in [6.45, 7) is 6.30. The number of aromatic amines is 1. The van der Waals surface area contributed by atoms with Crippen LogP contribution in [0.1, 0.15) is 16.8 Å². The van der Waals surface area contributed by atoms with Gasteiger partial charge in [0.15, 0.2) is 5.65 Å². The Morgan fingerprint density at radius 3 is 2.64 bits per heavy atom. The summed E-state index contributed by atoms with van der Waals surface area (Å²) in [5, 5.41) is 12.2. The second-order valence-corrected chi connectivity index (χ2v) is 5.47. The van der Waals surface area contributed by atoms with Crippen LogP contribution in [0.3, 0.4) is 0 Å². The van der Waals surface area contributed by atoms with E-state index in [1.54, 1.807) is 0 Å². The van der Waals surface area contributed by atoms with E-state index in [1.165, 1.54) is 16.7 Å². The molecule has 7 heteroatoms. The molecule has 2 aromatic heterocycles. The first kappa shape index (κ1) is 16.3. The van der Waals surface area contributed by atoms with Gasteiger partial charge < -0.3 is 4.55 Å². The molecular weight excluding hydrogens is 300 g/mol. The molecule has 0 aliphatic heterocycles. The van der Waals surface area contributed by atoms with Gasteiger partial charge in [-0.05, 0) is 43.5 Å². The van der Waals surface area contributed by atoms with Crippen LogP contribution in [0.5, 0.6) is 0 Å². The highest BCUT2D eigenvalue weighted by Gasteiger charge is 2.08. The van der Waals surface area contributed by atoms with Gasteiger partial charge in [-0.15, -0.1) is 0 Å². The van der Waals surface area contributed by atoms with Crippen molar-refractivity contribution >= 4 is 22.3 Å². The van der Waals surface area contributed by atoms with Gasteiger partial charge in [0, 0.05) is 34.1 Å². The normalized spacial score (nSPS) is 11.9. The predicted molar refractivity (Wildman–Crippen MR) is 86.6 cm³/mol. The minimum Gasteiger partial charge on any atom is -0.760 e. The van der Waals surface area contributed by atoms with Gasteiger partial charge in [0.25, 0.3) is 0 Å². The van der Waals surface area contributed by atoms with Crippen molar-refractivity contribution in [3.8, 4) is 11.1 Å². The summed E-state index contributed by atoms with van der Waals surface area (Å²) in [6.07, 6.45) is 1.89. The van der Waals surface area contributed by atoms with Crippen LogP contribution in [0.25, 0.3) is 22.2 Å². The molecule has 0 saturated heterocycles. The smallest absolute Gasteiger partial charge is 0.181 e. The molecule has 3 N–H and O–H groups in total. The molecule has 6 nitrogen and oxygen atoms in total. The van der Waals surface area contributed by atoms with Gasteiger partial charge in [-0.25, -0.2) is 4.98 Å². The fraction of sp³-hybridized carbons (Fsp3) is 0.200. The van der Waals surface area contributed by atoms with Gasteiger partial charge >= 0.3 is 0 Å². The molecule has 0 radical (unpaired) electrons. The summed E-state index contributed by atoms with van der Waals surface area (Å²) in [4.78, 5) is 4.41. The lowest BCUT2D eigenvalue weighted by Crippen LogP contribution is -1.97. The number of hydrogen-bond donors (Lipinski definition) is 2. The number of rotatable bonds is 1. The molecule has 0 aliphatic carbocycles. The summed E-state index contributed by atoms with van der Waals surface area (Å²) in [7, 11) is 0. The van der Waals surface area contributed by atoms with E-state index >= 15 is 0 Å². The lowest BCUT2D eigenvalue weighted by molar-refractivity contribution is 0.539. The first-order valence-corrected chi connectivity index (χ1v) is 7.75. The van der Waals surface area contributed by atoms with Crippen molar-refractivity contribution in [2.45, 2.75) is 20.8 Å². The summed E-state index contributed by atoms with van der Waals surface area (Å²) >= 11 is -2.36. The maximum atomic E-state index is 8.78. The summed E-state index contributed by atoms with van der Waals surface area (Å²) < 4.78 is 17.6. The van der Waals surface area contributed by atoms with Crippen molar-refractivity contribution < 1.29 is 8.76 Å². The molecule has 1 aromatic carbocycles. The number of nitrogens with one attached hydrogen (secondary N) is 1. The molecule has 116 valence electrons. The third kappa shape index (κ3) is 3.56. The third-order valence-electron chi connectivity index (χ3n) is 3.52. The molecule has 3 rings (SSSR count). The maximum absolute atomic E-state index is 8.78. The SMILES string of the molecule is Cc1cccc(-c2cnc3n[nH]c(C)c3c2)c1C.NS(=O)[O-]. The van der Waals surface area contributed by atoms with E-state index in [0.29, 0.717) is 0 Å². The minimum absolute atomic E-state index is 0.779. The van der Waals surface area contributed by atoms with Crippen LogP contribution in [-0.2, 0) is 11.3 Å². The van der Waals surface area contributed by atoms with Gasteiger partial charge in [-0.2, -0.15) is 5.10 Å². The Hall–Kier alpha value is -2.09. The topological polar surface area (TPSA) is 108 Å². The average molecular weight is 317 g/mol. The number of H-pyrrole nitrogens is 1. The second kappa shape index (κ2) is 6.78. The van der Waals surface area contributed by atoms with Crippen LogP contribution < -0.4 is 5.14 Å². The van der Waals surface area contributed by atoms with E-state index in [2.05, 4.69) is 58.4 Å². The highest BCUT2D eigenvalue weighted by molar-refractivity contribution is 7.76. The molecule has 0 bridgehead atoms. The summed E-state index contributed by atoms with van der Waals surface area (Å²) in [5.41, 5.74) is 6.83. The highest BCUT2D eigenvalue weighted by atomic mass is 32.2. The number of aromatic nitrogens is 3. The lowest BCUT2D eigenvalue weighted by Gasteiger charge is -2.08. The van der Waals surface area contributed by atoms with Crippen LogP contribution in [0.15, 0.2) is 30.5 Å². The van der Waals surface area contributed by atoms with Gasteiger partial charge in [0.05, 0.1) is 0 Å². The fourth-order valence-corrected chi connectivity index (χ4v) is 2.23. The number of benzene rings is 1. The zero-order chi connectivity index (χ0) is 16.3. The van der Waals surface area contributed by atoms with E-state index in [-0.39, 0.29) is 0 Å². The van der Waals surface area contributed by atoms with Crippen LogP contribution in [0.4, 0.5) is 0 Å². The monoisotopic (exact) mass is 317 g/mol. The Kier molecular flexibility index (Phi) is 5.02. The molecule has 2 heterocycles. The highest BCUT2D eigenvalue weighted by Crippen LogP contribution is 2.27. The quantitative estimate of drug-likeness (QED) is 0.671. The molecule has 1 unspecified atom stereocenters. The molecule has 0 amide bonds. The number of fused-ring (bicyclic) bond motifs is 1. The maximum Gasteiger partial charge on any atom is 0.181 e. The van der Waals surface area contributed by atoms with Gasteiger partial charge in [0.1, 0.15) is 0 Å². The standard InChI is InChI=1S/C15H15N3.H3NO2S/c1-9-5-4-6-13(10(9)2)12-7-14-11(3)17-18-15(14)16-8-12;1-4(2)3/h4-8H,1-3H3,(H,16,17,18);1H2,(H,2,3)/p-1. The average Bonchev–Trinajstić information content (AvgIpc) is 2.82. The molecule has 0 aliphatic rings. The third-order valence-corrected chi connectivity index (χ3v) is 3.52. The van der Waals surface area contributed by atoms with Crippen molar-refractivity contribution in [2.24, 2.45) is 5.14 Å². The van der Waals surface area contributed by atoms with Crippen LogP contribution in [-0.4, -0.2) is 23.9 Å². The van der Waals surface area contributed by atoms with Gasteiger partial charge in [-0.1, -0.05) is 18.2 Å². The number of nitrogens with zero attached hydrogens (tertiary/aromatic N) is 2. The molecule has 22 heavy (non-hydrogen) atoms. The van der Waals surface area contributed by atoms with E-state index < -0.39 is 11.3 Å². The first-order valence-electron chi connectivity index (χ1n) is 6.61. The lowest BCUT2D eigenvalue weighted by atomic mass is 9.98. The number of hydrogen-bond acceptors (Lipinski definition) is 4. The number of aryl methyl sites for hydroxylation is 2. The van der Waals surface area contributed by atoms with Crippen LogP contribution in [0.2, 0.25) is 0 Å². The Morgan fingerprint density at radius 2 is 1.95 bits per heavy atom. The van der Waals surface area contributed by atoms with Crippen molar-refractivity contribution in [2.75, 3.05) is 0 Å². The first-order chi connectivity index (χ1) is 10.4. The van der Waals surface area contributed by atoms with Gasteiger partial charge in [-0.3, -0.25) is 14.4 Å². The Bertz CT molecular complexity index is 826. The zero-order valence-corrected chi connectivity index (χ0v) is 13.4. The minimum atomic E-state index is -2.36. The fourth-order valence-electron chi connectivity index (χ4n) is 2.23. The second-order valence-electron chi connectivity index (χ2n) is 4.95. The predicted octanol–water partition coefficient (Wildman–Crippen LogP) is 2.29. The molecule has 0 saturated carbocycles. The Balaban J connectivity index is 0.000000396.